The maximum Gasteiger partial charge on any atom is 0.233 e. The molecule has 0 aliphatic carbocycles. The molecule has 1 N–H and O–H groups in total. The molecule has 4 nitrogen and oxygen atoms in total. The number of amides is 1. The molecule has 0 radical (unpaired) electrons. The largest absolute Gasteiger partial charge is 0.344 e. The van der Waals surface area contributed by atoms with Crippen LogP contribution in [0.2, 0.25) is 0 Å². The summed E-state index contributed by atoms with van der Waals surface area (Å²) in [5.41, 5.74) is 1.39. The van der Waals surface area contributed by atoms with Gasteiger partial charge in [-0.2, -0.15) is 0 Å². The average molecular weight is 368 g/mol. The fourth-order valence-electron chi connectivity index (χ4n) is 3.21. The molecule has 3 aromatic rings. The lowest BCUT2D eigenvalue weighted by Gasteiger charge is -2.32. The number of nitrogens with one attached hydrogen (secondary N) is 1. The second-order valence-corrected chi connectivity index (χ2v) is 7.90. The molecule has 5 heteroatoms. The van der Waals surface area contributed by atoms with Crippen molar-refractivity contribution < 1.29 is 4.79 Å². The number of hydrogen-bond donors (Lipinski definition) is 1. The lowest BCUT2D eigenvalue weighted by atomic mass is 9.78. The topological polar surface area (TPSA) is 45.2 Å². The lowest BCUT2D eigenvalue weighted by molar-refractivity contribution is -0.135. The summed E-state index contributed by atoms with van der Waals surface area (Å²) in [5, 5.41) is 4.10. The molecule has 26 heavy (non-hydrogen) atoms. The first-order valence-electron chi connectivity index (χ1n) is 8.85. The molecular weight excluding hydrogens is 342 g/mol. The summed E-state index contributed by atoms with van der Waals surface area (Å²) in [6.07, 6.45) is 0.596. The number of fused-ring (bicyclic) bond motifs is 1. The maximum atomic E-state index is 13.4. The molecule has 1 unspecified atom stereocenters. The Labute approximate surface area is 158 Å². The lowest BCUT2D eigenvalue weighted by Crippen LogP contribution is -2.46. The third-order valence-electron chi connectivity index (χ3n) is 4.77. The zero-order valence-electron chi connectivity index (χ0n) is 15.5. The fourth-order valence-corrected chi connectivity index (χ4v) is 4.33. The zero-order valence-corrected chi connectivity index (χ0v) is 16.3. The van der Waals surface area contributed by atoms with E-state index in [0.29, 0.717) is 13.0 Å². The normalized spacial score (nSPS) is 13.5. The zero-order chi connectivity index (χ0) is 18.6. The summed E-state index contributed by atoms with van der Waals surface area (Å²) in [4.78, 5) is 19.9. The molecule has 0 spiro atoms. The van der Waals surface area contributed by atoms with Gasteiger partial charge in [0.05, 0.1) is 20.6 Å². The third-order valence-corrected chi connectivity index (χ3v) is 5.81. The van der Waals surface area contributed by atoms with Crippen molar-refractivity contribution in [3.8, 4) is 0 Å². The number of para-hydroxylation sites is 1. The minimum absolute atomic E-state index is 0.123. The molecule has 0 saturated carbocycles. The van der Waals surface area contributed by atoms with Crippen molar-refractivity contribution in [1.82, 2.24) is 15.2 Å². The van der Waals surface area contributed by atoms with Gasteiger partial charge in [0, 0.05) is 26.6 Å². The van der Waals surface area contributed by atoms with E-state index in [2.05, 4.69) is 11.4 Å². The van der Waals surface area contributed by atoms with Gasteiger partial charge in [-0.1, -0.05) is 42.5 Å². The summed E-state index contributed by atoms with van der Waals surface area (Å²) in [5.74, 6) is 0.123. The molecule has 1 atom stereocenters. The summed E-state index contributed by atoms with van der Waals surface area (Å²) in [6.45, 7) is 3.48. The Morgan fingerprint density at radius 1 is 1.15 bits per heavy atom. The van der Waals surface area contributed by atoms with E-state index in [0.717, 1.165) is 27.3 Å². The van der Waals surface area contributed by atoms with Crippen LogP contribution in [0.4, 0.5) is 0 Å². The van der Waals surface area contributed by atoms with Crippen molar-refractivity contribution >= 4 is 27.5 Å². The van der Waals surface area contributed by atoms with Gasteiger partial charge in [-0.15, -0.1) is 11.3 Å². The molecule has 0 fully saturated rings. The van der Waals surface area contributed by atoms with E-state index in [1.165, 1.54) is 0 Å². The minimum atomic E-state index is -0.641. The molecule has 2 aromatic carbocycles. The van der Waals surface area contributed by atoms with Gasteiger partial charge in [-0.3, -0.25) is 4.79 Å². The Morgan fingerprint density at radius 3 is 2.54 bits per heavy atom. The minimum Gasteiger partial charge on any atom is -0.344 e. The number of aromatic nitrogens is 1. The molecule has 0 aliphatic rings. The first kappa shape index (κ1) is 18.5. The highest BCUT2D eigenvalue weighted by atomic mass is 32.1. The van der Waals surface area contributed by atoms with E-state index in [1.807, 2.05) is 74.4 Å². The predicted octanol–water partition coefficient (Wildman–Crippen LogP) is 3.47. The molecule has 1 heterocycles. The van der Waals surface area contributed by atoms with Crippen LogP contribution in [0.1, 0.15) is 17.5 Å². The highest BCUT2D eigenvalue weighted by Gasteiger charge is 2.38. The maximum absolute atomic E-state index is 13.4. The average Bonchev–Trinajstić information content (AvgIpc) is 3.08. The highest BCUT2D eigenvalue weighted by molar-refractivity contribution is 7.18. The number of benzene rings is 2. The van der Waals surface area contributed by atoms with E-state index >= 15 is 0 Å². The molecule has 0 bridgehead atoms. The van der Waals surface area contributed by atoms with Gasteiger partial charge in [0.15, 0.2) is 0 Å². The predicted molar refractivity (Wildman–Crippen MR) is 109 cm³/mol. The standard InChI is InChI=1S/C21H25N3OS/c1-21(16-9-5-4-6-10-16,20(25)24(3)14-13-22-2)15-19-23-17-11-7-8-12-18(17)26-19/h4-12,22H,13-15H2,1-3H3. The van der Waals surface area contributed by atoms with Crippen LogP contribution in [-0.2, 0) is 16.6 Å². The highest BCUT2D eigenvalue weighted by Crippen LogP contribution is 2.33. The van der Waals surface area contributed by atoms with Crippen LogP contribution in [0.25, 0.3) is 10.2 Å². The number of likely N-dealkylation sites (N-methyl/N-ethyl adjacent to an activating group) is 2. The van der Waals surface area contributed by atoms with E-state index in [4.69, 9.17) is 4.98 Å². The summed E-state index contributed by atoms with van der Waals surface area (Å²) in [6, 6.07) is 18.2. The Kier molecular flexibility index (Phi) is 5.69. The number of rotatable bonds is 7. The Bertz CT molecular complexity index is 844. The van der Waals surface area contributed by atoms with E-state index < -0.39 is 5.41 Å². The van der Waals surface area contributed by atoms with Crippen LogP contribution in [0.3, 0.4) is 0 Å². The Hall–Kier alpha value is -2.24. The molecule has 0 aliphatic heterocycles. The van der Waals surface area contributed by atoms with Crippen LogP contribution in [0, 0.1) is 0 Å². The van der Waals surface area contributed by atoms with Crippen LogP contribution >= 0.6 is 11.3 Å². The van der Waals surface area contributed by atoms with Crippen molar-refractivity contribution in [2.45, 2.75) is 18.8 Å². The Morgan fingerprint density at radius 2 is 1.85 bits per heavy atom. The van der Waals surface area contributed by atoms with Crippen LogP contribution in [0.5, 0.6) is 0 Å². The smallest absolute Gasteiger partial charge is 0.233 e. The van der Waals surface area contributed by atoms with Crippen molar-refractivity contribution in [2.24, 2.45) is 0 Å². The molecule has 3 rings (SSSR count). The van der Waals surface area contributed by atoms with Gasteiger partial charge in [0.2, 0.25) is 5.91 Å². The van der Waals surface area contributed by atoms with E-state index in [9.17, 15) is 4.79 Å². The number of carbonyl (C=O) groups excluding carboxylic acids is 1. The second-order valence-electron chi connectivity index (χ2n) is 6.78. The first-order chi connectivity index (χ1) is 12.5. The number of hydrogen-bond acceptors (Lipinski definition) is 4. The quantitative estimate of drug-likeness (QED) is 0.695. The summed E-state index contributed by atoms with van der Waals surface area (Å²) >= 11 is 1.67. The third kappa shape index (κ3) is 3.79. The monoisotopic (exact) mass is 367 g/mol. The summed E-state index contributed by atoms with van der Waals surface area (Å²) < 4.78 is 1.16. The number of nitrogens with zero attached hydrogens (tertiary/aromatic N) is 2. The first-order valence-corrected chi connectivity index (χ1v) is 9.66. The second kappa shape index (κ2) is 7.98. The molecule has 1 aromatic heterocycles. The molecule has 136 valence electrons. The van der Waals surface area contributed by atoms with Crippen LogP contribution in [0.15, 0.2) is 54.6 Å². The van der Waals surface area contributed by atoms with Gasteiger partial charge in [0.25, 0.3) is 0 Å². The van der Waals surface area contributed by atoms with E-state index in [1.54, 1.807) is 11.3 Å². The van der Waals surface area contributed by atoms with Gasteiger partial charge in [0.1, 0.15) is 0 Å². The molecular formula is C21H25N3OS. The number of thiazole rings is 1. The molecule has 0 saturated heterocycles. The van der Waals surface area contributed by atoms with Crippen molar-refractivity contribution in [1.29, 1.82) is 0 Å². The Balaban J connectivity index is 1.96. The van der Waals surface area contributed by atoms with Crippen molar-refractivity contribution in [3.63, 3.8) is 0 Å². The summed E-state index contributed by atoms with van der Waals surface area (Å²) in [7, 11) is 3.77. The van der Waals surface area contributed by atoms with Gasteiger partial charge >= 0.3 is 0 Å². The van der Waals surface area contributed by atoms with E-state index in [-0.39, 0.29) is 5.91 Å². The van der Waals surface area contributed by atoms with Crippen molar-refractivity contribution in [2.75, 3.05) is 27.2 Å². The van der Waals surface area contributed by atoms with Gasteiger partial charge in [-0.25, -0.2) is 4.98 Å². The van der Waals surface area contributed by atoms with Gasteiger partial charge < -0.3 is 10.2 Å². The van der Waals surface area contributed by atoms with Crippen LogP contribution in [-0.4, -0.2) is 43.0 Å². The number of carbonyl (C=O) groups is 1. The van der Waals surface area contributed by atoms with Crippen molar-refractivity contribution in [3.05, 3.63) is 65.2 Å². The SMILES string of the molecule is CNCCN(C)C(=O)C(C)(Cc1nc2ccccc2s1)c1ccccc1. The van der Waals surface area contributed by atoms with Gasteiger partial charge in [-0.05, 0) is 31.7 Å². The molecule has 1 amide bonds. The fraction of sp³-hybridized carbons (Fsp3) is 0.333. The van der Waals surface area contributed by atoms with Crippen LogP contribution < -0.4 is 5.32 Å².